The fourth-order valence-electron chi connectivity index (χ4n) is 2.00. The van der Waals surface area contributed by atoms with E-state index in [-0.39, 0.29) is 5.78 Å². The van der Waals surface area contributed by atoms with Gasteiger partial charge in [-0.2, -0.15) is 0 Å². The number of carbonyl (C=O) groups is 1. The Bertz CT molecular complexity index is 394. The number of aromatic nitrogens is 1. The van der Waals surface area contributed by atoms with E-state index in [1.807, 2.05) is 5.38 Å². The van der Waals surface area contributed by atoms with Crippen LogP contribution >= 0.6 is 11.3 Å². The maximum Gasteiger partial charge on any atom is 0.186 e. The van der Waals surface area contributed by atoms with Gasteiger partial charge in [-0.05, 0) is 13.8 Å². The molecule has 0 aliphatic carbocycles. The molecule has 1 aliphatic heterocycles. The van der Waals surface area contributed by atoms with Crippen molar-refractivity contribution in [1.82, 2.24) is 9.88 Å². The van der Waals surface area contributed by atoms with Gasteiger partial charge in [-0.25, -0.2) is 4.98 Å². The van der Waals surface area contributed by atoms with Gasteiger partial charge >= 0.3 is 0 Å². The Labute approximate surface area is 106 Å². The van der Waals surface area contributed by atoms with E-state index in [9.17, 15) is 4.79 Å². The first-order chi connectivity index (χ1) is 8.08. The lowest BCUT2D eigenvalue weighted by molar-refractivity contribution is 0.101. The molecule has 1 aromatic rings. The van der Waals surface area contributed by atoms with E-state index in [1.165, 1.54) is 0 Å². The van der Waals surface area contributed by atoms with Gasteiger partial charge in [0.15, 0.2) is 10.9 Å². The molecule has 0 aromatic carbocycles. The Morgan fingerprint density at radius 2 is 2.00 bits per heavy atom. The average Bonchev–Trinajstić information content (AvgIpc) is 2.78. The van der Waals surface area contributed by atoms with Gasteiger partial charge in [0, 0.05) is 44.5 Å². The van der Waals surface area contributed by atoms with Crippen LogP contribution in [0, 0.1) is 0 Å². The predicted molar refractivity (Wildman–Crippen MR) is 71.0 cm³/mol. The van der Waals surface area contributed by atoms with Gasteiger partial charge in [0.25, 0.3) is 0 Å². The zero-order chi connectivity index (χ0) is 12.4. The van der Waals surface area contributed by atoms with E-state index in [1.54, 1.807) is 18.3 Å². The molecule has 2 rings (SSSR count). The smallest absolute Gasteiger partial charge is 0.186 e. The third-order valence-corrected chi connectivity index (χ3v) is 4.07. The molecule has 0 saturated carbocycles. The highest BCUT2D eigenvalue weighted by molar-refractivity contribution is 7.13. The Balaban J connectivity index is 1.98. The molecule has 0 spiro atoms. The van der Waals surface area contributed by atoms with E-state index >= 15 is 0 Å². The number of ketones is 1. The molecule has 0 N–H and O–H groups in total. The van der Waals surface area contributed by atoms with E-state index < -0.39 is 0 Å². The summed E-state index contributed by atoms with van der Waals surface area (Å²) in [5, 5.41) is 2.84. The summed E-state index contributed by atoms with van der Waals surface area (Å²) in [4.78, 5) is 20.3. The summed E-state index contributed by atoms with van der Waals surface area (Å²) >= 11 is 1.57. The van der Waals surface area contributed by atoms with Gasteiger partial charge in [-0.3, -0.25) is 9.69 Å². The highest BCUT2D eigenvalue weighted by Crippen LogP contribution is 2.22. The minimum atomic E-state index is 0.0494. The lowest BCUT2D eigenvalue weighted by Gasteiger charge is -2.36. The van der Waals surface area contributed by atoms with Crippen LogP contribution in [0.15, 0.2) is 5.38 Å². The van der Waals surface area contributed by atoms with Crippen molar-refractivity contribution in [1.29, 1.82) is 0 Å². The van der Waals surface area contributed by atoms with Crippen molar-refractivity contribution in [3.63, 3.8) is 0 Å². The van der Waals surface area contributed by atoms with E-state index in [4.69, 9.17) is 0 Å². The summed E-state index contributed by atoms with van der Waals surface area (Å²) in [5.41, 5.74) is 0.594. The van der Waals surface area contributed by atoms with Crippen LogP contribution in [0.3, 0.4) is 0 Å². The normalized spacial score (nSPS) is 17.8. The summed E-state index contributed by atoms with van der Waals surface area (Å²) in [6.45, 7) is 10.2. The van der Waals surface area contributed by atoms with Crippen molar-refractivity contribution in [2.45, 2.75) is 26.8 Å². The van der Waals surface area contributed by atoms with Crippen molar-refractivity contribution in [3.05, 3.63) is 11.1 Å². The topological polar surface area (TPSA) is 36.4 Å². The second kappa shape index (κ2) is 5.14. The Morgan fingerprint density at radius 1 is 1.35 bits per heavy atom. The summed E-state index contributed by atoms with van der Waals surface area (Å²) in [5.74, 6) is 0.0494. The second-order valence-corrected chi connectivity index (χ2v) is 5.52. The summed E-state index contributed by atoms with van der Waals surface area (Å²) in [6.07, 6.45) is 0. The highest BCUT2D eigenvalue weighted by atomic mass is 32.1. The lowest BCUT2D eigenvalue weighted by atomic mass is 10.2. The second-order valence-electron chi connectivity index (χ2n) is 4.69. The first-order valence-corrected chi connectivity index (χ1v) is 6.91. The number of nitrogens with zero attached hydrogens (tertiary/aromatic N) is 3. The summed E-state index contributed by atoms with van der Waals surface area (Å²) < 4.78 is 0. The molecule has 1 aliphatic rings. The number of hydrogen-bond acceptors (Lipinski definition) is 5. The van der Waals surface area contributed by atoms with Crippen LogP contribution < -0.4 is 4.90 Å². The van der Waals surface area contributed by atoms with Crippen molar-refractivity contribution in [2.24, 2.45) is 0 Å². The molecular weight excluding hydrogens is 234 g/mol. The van der Waals surface area contributed by atoms with Gasteiger partial charge in [-0.15, -0.1) is 11.3 Å². The molecule has 94 valence electrons. The molecule has 2 heterocycles. The molecule has 0 amide bonds. The van der Waals surface area contributed by atoms with Gasteiger partial charge in [0.2, 0.25) is 0 Å². The number of thiazole rings is 1. The maximum atomic E-state index is 11.2. The number of Topliss-reactive ketones (excluding diaryl/α,β-unsaturated/α-hetero) is 1. The van der Waals surface area contributed by atoms with Gasteiger partial charge < -0.3 is 4.90 Å². The molecule has 5 heteroatoms. The quantitative estimate of drug-likeness (QED) is 0.771. The van der Waals surface area contributed by atoms with Crippen molar-refractivity contribution < 1.29 is 4.79 Å². The van der Waals surface area contributed by atoms with Gasteiger partial charge in [0.05, 0.1) is 0 Å². The monoisotopic (exact) mass is 253 g/mol. The van der Waals surface area contributed by atoms with Crippen LogP contribution in [0.5, 0.6) is 0 Å². The number of carbonyl (C=O) groups excluding carboxylic acids is 1. The number of hydrogen-bond donors (Lipinski definition) is 0. The standard InChI is InChI=1S/C12H19N3OS/c1-9(2)14-4-6-15(7-5-14)12-13-11(8-17-12)10(3)16/h8-9H,4-7H2,1-3H3. The minimum absolute atomic E-state index is 0.0494. The average molecular weight is 253 g/mol. The van der Waals surface area contributed by atoms with Crippen LogP contribution in [-0.2, 0) is 0 Å². The van der Waals surface area contributed by atoms with Crippen LogP contribution in [0.1, 0.15) is 31.3 Å². The van der Waals surface area contributed by atoms with Gasteiger partial charge in [-0.1, -0.05) is 0 Å². The van der Waals surface area contributed by atoms with Crippen LogP contribution in [0.2, 0.25) is 0 Å². The molecular formula is C12H19N3OS. The third kappa shape index (κ3) is 2.84. The molecule has 0 unspecified atom stereocenters. The Hall–Kier alpha value is -0.940. The van der Waals surface area contributed by atoms with Gasteiger partial charge in [0.1, 0.15) is 5.69 Å². The lowest BCUT2D eigenvalue weighted by Crippen LogP contribution is -2.48. The Morgan fingerprint density at radius 3 is 2.47 bits per heavy atom. The molecule has 0 bridgehead atoms. The summed E-state index contributed by atoms with van der Waals surface area (Å²) in [7, 11) is 0. The predicted octanol–water partition coefficient (Wildman–Crippen LogP) is 1.88. The molecule has 1 saturated heterocycles. The summed E-state index contributed by atoms with van der Waals surface area (Å²) in [6, 6.07) is 0.612. The van der Waals surface area contributed by atoms with E-state index in [2.05, 4.69) is 28.6 Å². The number of rotatable bonds is 3. The zero-order valence-corrected chi connectivity index (χ0v) is 11.5. The van der Waals surface area contributed by atoms with Crippen molar-refractivity contribution in [3.8, 4) is 0 Å². The fraction of sp³-hybridized carbons (Fsp3) is 0.667. The van der Waals surface area contributed by atoms with E-state index in [0.29, 0.717) is 11.7 Å². The first-order valence-electron chi connectivity index (χ1n) is 6.03. The molecule has 4 nitrogen and oxygen atoms in total. The number of anilines is 1. The maximum absolute atomic E-state index is 11.2. The number of piperazine rings is 1. The largest absolute Gasteiger partial charge is 0.346 e. The zero-order valence-electron chi connectivity index (χ0n) is 10.6. The molecule has 17 heavy (non-hydrogen) atoms. The van der Waals surface area contributed by atoms with Crippen LogP contribution in [0.4, 0.5) is 5.13 Å². The van der Waals surface area contributed by atoms with Crippen molar-refractivity contribution >= 4 is 22.3 Å². The SMILES string of the molecule is CC(=O)c1csc(N2CCN(C(C)C)CC2)n1. The van der Waals surface area contributed by atoms with Crippen molar-refractivity contribution in [2.75, 3.05) is 31.1 Å². The van der Waals surface area contributed by atoms with E-state index in [0.717, 1.165) is 31.3 Å². The minimum Gasteiger partial charge on any atom is -0.346 e. The first kappa shape index (κ1) is 12.5. The Kier molecular flexibility index (Phi) is 3.79. The highest BCUT2D eigenvalue weighted by Gasteiger charge is 2.21. The molecule has 1 aromatic heterocycles. The fourth-order valence-corrected chi connectivity index (χ4v) is 2.92. The molecule has 0 radical (unpaired) electrons. The molecule has 0 atom stereocenters. The molecule has 1 fully saturated rings. The van der Waals surface area contributed by atoms with Crippen LogP contribution in [0.25, 0.3) is 0 Å². The van der Waals surface area contributed by atoms with Crippen LogP contribution in [-0.4, -0.2) is 47.9 Å². The third-order valence-electron chi connectivity index (χ3n) is 3.17.